The van der Waals surface area contributed by atoms with Crippen molar-refractivity contribution >= 4 is 17.9 Å². The summed E-state index contributed by atoms with van der Waals surface area (Å²) >= 11 is 5.31. The van der Waals surface area contributed by atoms with E-state index in [1.807, 2.05) is 36.4 Å². The molecule has 1 aromatic heterocycles. The fourth-order valence-electron chi connectivity index (χ4n) is 2.68. The highest BCUT2D eigenvalue weighted by Gasteiger charge is 2.19. The number of benzene rings is 2. The molecule has 0 fully saturated rings. The Bertz CT molecular complexity index is 1140. The molecule has 0 aliphatic carbocycles. The van der Waals surface area contributed by atoms with Gasteiger partial charge in [0, 0.05) is 17.7 Å². The van der Waals surface area contributed by atoms with Crippen molar-refractivity contribution in [3.8, 4) is 34.5 Å². The third-order valence-electron chi connectivity index (χ3n) is 3.87. The molecule has 0 spiro atoms. The van der Waals surface area contributed by atoms with Crippen molar-refractivity contribution in [1.82, 2.24) is 4.98 Å². The summed E-state index contributed by atoms with van der Waals surface area (Å²) in [4.78, 5) is 13.3. The minimum Gasteiger partial charge on any atom is -0.344 e. The number of H-pyrrole nitrogens is 1. The molecule has 1 N–H and O–H groups in total. The maximum absolute atomic E-state index is 10.9. The molecule has 0 unspecified atom stereocenters. The molecule has 3 aromatic rings. The van der Waals surface area contributed by atoms with Crippen LogP contribution >= 0.6 is 12.2 Å². The first-order valence-corrected chi connectivity index (χ1v) is 7.88. The monoisotopic (exact) mass is 358 g/mol. The summed E-state index contributed by atoms with van der Waals surface area (Å²) in [5, 5.41) is 30.2. The van der Waals surface area contributed by atoms with Crippen LogP contribution in [-0.4, -0.2) is 9.91 Å². The van der Waals surface area contributed by atoms with E-state index >= 15 is 0 Å². The SMILES string of the molecule is N#Cc1c(-c2ccccc2)[nH]c(=S)c(C#N)c1-c1ccc([N+](=O)[O-])cc1. The van der Waals surface area contributed by atoms with Gasteiger partial charge in [0.15, 0.2) is 0 Å². The van der Waals surface area contributed by atoms with Crippen molar-refractivity contribution < 1.29 is 4.92 Å². The molecular formula is C19H10N4O2S. The van der Waals surface area contributed by atoms with Gasteiger partial charge < -0.3 is 4.98 Å². The lowest BCUT2D eigenvalue weighted by atomic mass is 9.93. The maximum Gasteiger partial charge on any atom is 0.269 e. The number of nitrogens with zero attached hydrogens (tertiary/aromatic N) is 3. The highest BCUT2D eigenvalue weighted by atomic mass is 32.1. The van der Waals surface area contributed by atoms with Crippen LogP contribution in [0.3, 0.4) is 0 Å². The Labute approximate surface area is 153 Å². The van der Waals surface area contributed by atoms with Crippen LogP contribution in [-0.2, 0) is 0 Å². The van der Waals surface area contributed by atoms with E-state index in [9.17, 15) is 20.6 Å². The molecule has 124 valence electrons. The highest BCUT2D eigenvalue weighted by Crippen LogP contribution is 2.34. The zero-order valence-electron chi connectivity index (χ0n) is 13.3. The minimum atomic E-state index is -0.507. The number of aromatic nitrogens is 1. The second-order valence-corrected chi connectivity index (χ2v) is 5.76. The van der Waals surface area contributed by atoms with E-state index in [-0.39, 0.29) is 21.5 Å². The topological polar surface area (TPSA) is 107 Å². The Morgan fingerprint density at radius 1 is 0.923 bits per heavy atom. The van der Waals surface area contributed by atoms with Crippen molar-refractivity contribution in [1.29, 1.82) is 10.5 Å². The lowest BCUT2D eigenvalue weighted by Crippen LogP contribution is -1.99. The fourth-order valence-corrected chi connectivity index (χ4v) is 2.93. The van der Waals surface area contributed by atoms with E-state index < -0.39 is 4.92 Å². The minimum absolute atomic E-state index is 0.0739. The van der Waals surface area contributed by atoms with E-state index in [2.05, 4.69) is 11.1 Å². The average molecular weight is 358 g/mol. The summed E-state index contributed by atoms with van der Waals surface area (Å²) in [5.74, 6) is 0. The normalized spacial score (nSPS) is 9.92. The van der Waals surface area contributed by atoms with Crippen LogP contribution in [0.1, 0.15) is 11.1 Å². The first kappa shape index (κ1) is 17.0. The van der Waals surface area contributed by atoms with Gasteiger partial charge in [-0.15, -0.1) is 0 Å². The predicted molar refractivity (Wildman–Crippen MR) is 98.6 cm³/mol. The number of aromatic amines is 1. The van der Waals surface area contributed by atoms with Crippen LogP contribution in [0.4, 0.5) is 5.69 Å². The van der Waals surface area contributed by atoms with E-state index in [0.717, 1.165) is 5.56 Å². The van der Waals surface area contributed by atoms with Gasteiger partial charge >= 0.3 is 0 Å². The Hall–Kier alpha value is -3.81. The number of hydrogen-bond donors (Lipinski definition) is 1. The largest absolute Gasteiger partial charge is 0.344 e. The van der Waals surface area contributed by atoms with Crippen LogP contribution in [0.25, 0.3) is 22.4 Å². The Kier molecular flexibility index (Phi) is 4.57. The van der Waals surface area contributed by atoms with E-state index in [1.54, 1.807) is 0 Å². The fraction of sp³-hybridized carbons (Fsp3) is 0. The highest BCUT2D eigenvalue weighted by molar-refractivity contribution is 7.71. The molecule has 7 heteroatoms. The van der Waals surface area contributed by atoms with Crippen molar-refractivity contribution in [2.24, 2.45) is 0 Å². The van der Waals surface area contributed by atoms with Crippen molar-refractivity contribution in [3.05, 3.63) is 80.5 Å². The van der Waals surface area contributed by atoms with E-state index in [1.165, 1.54) is 24.3 Å². The molecule has 1 heterocycles. The number of nitro groups is 1. The van der Waals surface area contributed by atoms with Gasteiger partial charge in [-0.3, -0.25) is 10.1 Å². The quantitative estimate of drug-likeness (QED) is 0.414. The molecule has 0 bridgehead atoms. The first-order chi connectivity index (χ1) is 12.6. The molecular weight excluding hydrogens is 348 g/mol. The zero-order valence-corrected chi connectivity index (χ0v) is 14.1. The van der Waals surface area contributed by atoms with Crippen LogP contribution < -0.4 is 0 Å². The Morgan fingerprint density at radius 3 is 2.08 bits per heavy atom. The van der Waals surface area contributed by atoms with Crippen molar-refractivity contribution in [2.45, 2.75) is 0 Å². The van der Waals surface area contributed by atoms with Crippen molar-refractivity contribution in [3.63, 3.8) is 0 Å². The molecule has 0 saturated heterocycles. The third kappa shape index (κ3) is 2.95. The van der Waals surface area contributed by atoms with Gasteiger partial charge in [0.2, 0.25) is 0 Å². The molecule has 6 nitrogen and oxygen atoms in total. The standard InChI is InChI=1S/C19H10N4O2S/c20-10-15-17(12-6-8-14(9-7-12)23(24)25)16(11-21)19(26)22-18(15)13-4-2-1-3-5-13/h1-9H,(H,22,26). The molecule has 0 aliphatic rings. The lowest BCUT2D eigenvalue weighted by Gasteiger charge is -2.12. The molecule has 0 amide bonds. The van der Waals surface area contributed by atoms with Gasteiger partial charge in [0.25, 0.3) is 5.69 Å². The van der Waals surface area contributed by atoms with Crippen LogP contribution in [0, 0.1) is 37.4 Å². The molecule has 26 heavy (non-hydrogen) atoms. The second-order valence-electron chi connectivity index (χ2n) is 5.35. The van der Waals surface area contributed by atoms with Gasteiger partial charge in [0.05, 0.1) is 21.7 Å². The van der Waals surface area contributed by atoms with Crippen LogP contribution in [0.15, 0.2) is 54.6 Å². The predicted octanol–water partition coefficient (Wildman–Crippen LogP) is 4.73. The average Bonchev–Trinajstić information content (AvgIpc) is 2.67. The summed E-state index contributed by atoms with van der Waals surface area (Å²) in [6, 6.07) is 19.0. The van der Waals surface area contributed by atoms with Crippen LogP contribution in [0.2, 0.25) is 0 Å². The van der Waals surface area contributed by atoms with Crippen LogP contribution in [0.5, 0.6) is 0 Å². The Balaban J connectivity index is 2.35. The number of non-ortho nitro benzene ring substituents is 1. The summed E-state index contributed by atoms with van der Waals surface area (Å²) in [5.41, 5.74) is 2.48. The molecule has 2 aromatic carbocycles. The maximum atomic E-state index is 10.9. The van der Waals surface area contributed by atoms with Gasteiger partial charge in [-0.1, -0.05) is 42.5 Å². The van der Waals surface area contributed by atoms with Gasteiger partial charge in [-0.2, -0.15) is 10.5 Å². The summed E-state index contributed by atoms with van der Waals surface area (Å²) in [7, 11) is 0. The molecule has 0 aliphatic heterocycles. The smallest absolute Gasteiger partial charge is 0.269 e. The lowest BCUT2D eigenvalue weighted by molar-refractivity contribution is -0.384. The number of nitro benzene ring substituents is 1. The van der Waals surface area contributed by atoms with Gasteiger partial charge in [-0.05, 0) is 23.3 Å². The second kappa shape index (κ2) is 6.98. The van der Waals surface area contributed by atoms with Crippen molar-refractivity contribution in [2.75, 3.05) is 0 Å². The number of nitriles is 2. The number of rotatable bonds is 3. The molecule has 0 saturated carbocycles. The summed E-state index contributed by atoms with van der Waals surface area (Å²) in [6.07, 6.45) is 0. The van der Waals surface area contributed by atoms with E-state index in [4.69, 9.17) is 12.2 Å². The molecule has 0 radical (unpaired) electrons. The zero-order chi connectivity index (χ0) is 18.7. The summed E-state index contributed by atoms with van der Waals surface area (Å²) < 4.78 is 0.207. The first-order valence-electron chi connectivity index (χ1n) is 7.47. The van der Waals surface area contributed by atoms with Gasteiger partial charge in [0.1, 0.15) is 16.8 Å². The third-order valence-corrected chi connectivity index (χ3v) is 4.17. The summed E-state index contributed by atoms with van der Waals surface area (Å²) in [6.45, 7) is 0. The number of pyridine rings is 1. The van der Waals surface area contributed by atoms with E-state index in [0.29, 0.717) is 16.8 Å². The Morgan fingerprint density at radius 2 is 1.54 bits per heavy atom. The number of hydrogen-bond acceptors (Lipinski definition) is 5. The molecule has 0 atom stereocenters. The van der Waals surface area contributed by atoms with Gasteiger partial charge in [-0.25, -0.2) is 0 Å². The molecule has 3 rings (SSSR count). The number of nitrogens with one attached hydrogen (secondary N) is 1.